The second-order valence-electron chi connectivity index (χ2n) is 6.54. The van der Waals surface area contributed by atoms with Crippen molar-refractivity contribution in [2.75, 3.05) is 13.1 Å². The van der Waals surface area contributed by atoms with Crippen LogP contribution < -0.4 is 5.73 Å². The molecule has 2 amide bonds. The Morgan fingerprint density at radius 1 is 1.11 bits per heavy atom. The van der Waals surface area contributed by atoms with Crippen LogP contribution in [0.15, 0.2) is 36.4 Å². The molecule has 2 aromatic heterocycles. The van der Waals surface area contributed by atoms with Crippen molar-refractivity contribution in [1.29, 1.82) is 0 Å². The average molecular weight is 364 g/mol. The third-order valence-electron chi connectivity index (χ3n) is 4.82. The van der Waals surface area contributed by atoms with Gasteiger partial charge in [0.15, 0.2) is 5.65 Å². The van der Waals surface area contributed by atoms with Crippen LogP contribution in [0.1, 0.15) is 33.6 Å². The van der Waals surface area contributed by atoms with E-state index in [4.69, 9.17) is 5.73 Å². The van der Waals surface area contributed by atoms with Crippen LogP contribution in [0.3, 0.4) is 0 Å². The number of carbonyl (C=O) groups excluding carboxylic acids is 2. The number of pyridine rings is 1. The molecule has 1 fully saturated rings. The molecule has 27 heavy (non-hydrogen) atoms. The lowest BCUT2D eigenvalue weighted by Gasteiger charge is -2.29. The predicted molar refractivity (Wildman–Crippen MR) is 96.9 cm³/mol. The second-order valence-corrected chi connectivity index (χ2v) is 6.54. The molecule has 4 rings (SSSR count). The molecule has 0 bridgehead atoms. The highest BCUT2D eigenvalue weighted by molar-refractivity contribution is 5.99. The highest BCUT2D eigenvalue weighted by atomic mass is 16.3. The fourth-order valence-corrected chi connectivity index (χ4v) is 3.30. The Morgan fingerprint density at radius 3 is 2.48 bits per heavy atom. The van der Waals surface area contributed by atoms with Crippen LogP contribution in [0.5, 0.6) is 0 Å². The normalized spacial score (nSPS) is 15.2. The second kappa shape index (κ2) is 6.81. The van der Waals surface area contributed by atoms with Crippen molar-refractivity contribution in [1.82, 2.24) is 19.5 Å². The first-order valence-electron chi connectivity index (χ1n) is 8.68. The van der Waals surface area contributed by atoms with Gasteiger partial charge in [0.2, 0.25) is 6.33 Å². The van der Waals surface area contributed by atoms with Gasteiger partial charge >= 0.3 is 0 Å². The molecule has 3 heterocycles. The summed E-state index contributed by atoms with van der Waals surface area (Å²) in [5.74, 6) is -0.627. The van der Waals surface area contributed by atoms with Gasteiger partial charge in [-0.1, -0.05) is 12.1 Å². The van der Waals surface area contributed by atoms with Crippen molar-refractivity contribution in [3.63, 3.8) is 0 Å². The van der Waals surface area contributed by atoms with Gasteiger partial charge in [0.25, 0.3) is 11.8 Å². The Balaban J connectivity index is 1.62. The molecule has 0 spiro atoms. The molecule has 0 unspecified atom stereocenters. The summed E-state index contributed by atoms with van der Waals surface area (Å²) in [6.07, 6.45) is 3.39. The number of carbonyl (C=O) groups is 2. The number of fused-ring (bicyclic) bond motifs is 1. The fourth-order valence-electron chi connectivity index (χ4n) is 3.30. The van der Waals surface area contributed by atoms with Gasteiger partial charge in [0.1, 0.15) is 0 Å². The SMILES string of the molecule is NC(=O)c1ccc(-c2ccc(C(=O)N3CCC(O)CC3)cc2)n2n[c]nc12. The summed E-state index contributed by atoms with van der Waals surface area (Å²) in [5, 5.41) is 13.6. The number of hydrogen-bond acceptors (Lipinski definition) is 5. The molecule has 1 aliphatic rings. The zero-order valence-electron chi connectivity index (χ0n) is 14.5. The number of likely N-dealkylation sites (tertiary alicyclic amines) is 1. The van der Waals surface area contributed by atoms with E-state index in [2.05, 4.69) is 16.4 Å². The monoisotopic (exact) mass is 364 g/mol. The minimum Gasteiger partial charge on any atom is -0.393 e. The minimum absolute atomic E-state index is 0.0447. The van der Waals surface area contributed by atoms with Crippen LogP contribution in [-0.2, 0) is 0 Å². The van der Waals surface area contributed by atoms with Crippen LogP contribution in [0.25, 0.3) is 16.9 Å². The number of piperidine rings is 1. The van der Waals surface area contributed by atoms with Gasteiger partial charge in [-0.2, -0.15) is 0 Å². The zero-order chi connectivity index (χ0) is 19.0. The molecule has 1 aromatic carbocycles. The van der Waals surface area contributed by atoms with E-state index in [0.717, 1.165) is 5.56 Å². The number of aliphatic hydroxyl groups excluding tert-OH is 1. The van der Waals surface area contributed by atoms with Gasteiger partial charge in [-0.05, 0) is 37.1 Å². The zero-order valence-corrected chi connectivity index (χ0v) is 14.5. The van der Waals surface area contributed by atoms with Gasteiger partial charge in [-0.15, -0.1) is 5.10 Å². The summed E-state index contributed by atoms with van der Waals surface area (Å²) < 4.78 is 1.50. The van der Waals surface area contributed by atoms with E-state index in [0.29, 0.717) is 42.8 Å². The first-order valence-corrected chi connectivity index (χ1v) is 8.68. The molecule has 137 valence electrons. The Bertz CT molecular complexity index is 1000. The van der Waals surface area contributed by atoms with Gasteiger partial charge in [-0.3, -0.25) is 9.59 Å². The van der Waals surface area contributed by atoms with Crippen LogP contribution >= 0.6 is 0 Å². The van der Waals surface area contributed by atoms with E-state index in [-0.39, 0.29) is 17.6 Å². The van der Waals surface area contributed by atoms with Crippen LogP contribution in [-0.4, -0.2) is 55.6 Å². The van der Waals surface area contributed by atoms with Gasteiger partial charge in [0.05, 0.1) is 17.4 Å². The molecule has 8 heteroatoms. The number of primary amides is 1. The third kappa shape index (κ3) is 3.15. The molecule has 1 aliphatic heterocycles. The number of aromatic nitrogens is 3. The van der Waals surface area contributed by atoms with E-state index in [1.165, 1.54) is 4.52 Å². The van der Waals surface area contributed by atoms with Crippen molar-refractivity contribution in [3.05, 3.63) is 53.9 Å². The van der Waals surface area contributed by atoms with E-state index >= 15 is 0 Å². The van der Waals surface area contributed by atoms with Gasteiger partial charge < -0.3 is 15.7 Å². The maximum atomic E-state index is 12.6. The van der Waals surface area contributed by atoms with E-state index < -0.39 is 5.91 Å². The van der Waals surface area contributed by atoms with Crippen molar-refractivity contribution in [3.8, 4) is 11.3 Å². The molecular formula is C19H18N5O3. The van der Waals surface area contributed by atoms with E-state index in [1.54, 1.807) is 29.2 Å². The highest BCUT2D eigenvalue weighted by Gasteiger charge is 2.22. The Labute approximate surface area is 155 Å². The number of amides is 2. The predicted octanol–water partition coefficient (Wildman–Crippen LogP) is 0.892. The lowest BCUT2D eigenvalue weighted by molar-refractivity contribution is 0.0546. The maximum absolute atomic E-state index is 12.6. The summed E-state index contributed by atoms with van der Waals surface area (Å²) in [4.78, 5) is 29.9. The quantitative estimate of drug-likeness (QED) is 0.716. The Kier molecular flexibility index (Phi) is 4.33. The fraction of sp³-hybridized carbons (Fsp3) is 0.263. The Hall–Kier alpha value is -3.26. The minimum atomic E-state index is -0.583. The van der Waals surface area contributed by atoms with E-state index in [9.17, 15) is 14.7 Å². The smallest absolute Gasteiger partial charge is 0.253 e. The topological polar surface area (TPSA) is 114 Å². The van der Waals surface area contributed by atoms with Gasteiger partial charge in [0, 0.05) is 24.2 Å². The van der Waals surface area contributed by atoms with Crippen molar-refractivity contribution >= 4 is 17.5 Å². The number of benzene rings is 1. The highest BCUT2D eigenvalue weighted by Crippen LogP contribution is 2.23. The Morgan fingerprint density at radius 2 is 1.81 bits per heavy atom. The summed E-state index contributed by atoms with van der Waals surface area (Å²) >= 11 is 0. The number of nitrogens with zero attached hydrogens (tertiary/aromatic N) is 4. The summed E-state index contributed by atoms with van der Waals surface area (Å²) in [6, 6.07) is 10.5. The molecule has 1 saturated heterocycles. The van der Waals surface area contributed by atoms with Crippen LogP contribution in [0.2, 0.25) is 0 Å². The van der Waals surface area contributed by atoms with Crippen molar-refractivity contribution < 1.29 is 14.7 Å². The van der Waals surface area contributed by atoms with Crippen molar-refractivity contribution in [2.24, 2.45) is 5.73 Å². The lowest BCUT2D eigenvalue weighted by Crippen LogP contribution is -2.40. The molecule has 3 aromatic rings. The van der Waals surface area contributed by atoms with Crippen LogP contribution in [0, 0.1) is 6.33 Å². The molecule has 0 atom stereocenters. The number of rotatable bonds is 3. The lowest BCUT2D eigenvalue weighted by atomic mass is 10.0. The van der Waals surface area contributed by atoms with Gasteiger partial charge in [-0.25, -0.2) is 9.50 Å². The number of aliphatic hydroxyl groups is 1. The summed E-state index contributed by atoms with van der Waals surface area (Å²) in [5.41, 5.74) is 8.10. The number of nitrogens with two attached hydrogens (primary N) is 1. The van der Waals surface area contributed by atoms with Crippen molar-refractivity contribution in [2.45, 2.75) is 18.9 Å². The summed E-state index contributed by atoms with van der Waals surface area (Å²) in [6.45, 7) is 1.12. The molecule has 0 saturated carbocycles. The maximum Gasteiger partial charge on any atom is 0.253 e. The standard InChI is InChI=1S/C19H18N5O3/c20-17(26)15-5-6-16(24-18(15)21-11-22-24)12-1-3-13(4-2-12)19(27)23-9-7-14(25)8-10-23/h1-6,14,25H,7-10H2,(H2,20,26). The van der Waals surface area contributed by atoms with Crippen LogP contribution in [0.4, 0.5) is 0 Å². The molecule has 3 N–H and O–H groups in total. The number of hydrogen-bond donors (Lipinski definition) is 2. The van der Waals surface area contributed by atoms with E-state index in [1.807, 2.05) is 12.1 Å². The molecule has 1 radical (unpaired) electrons. The largest absolute Gasteiger partial charge is 0.393 e. The molecular weight excluding hydrogens is 346 g/mol. The average Bonchev–Trinajstić information content (AvgIpc) is 3.17. The first kappa shape index (κ1) is 17.2. The third-order valence-corrected chi connectivity index (χ3v) is 4.82. The first-order chi connectivity index (χ1) is 13.0. The molecule has 8 nitrogen and oxygen atoms in total. The molecule has 0 aliphatic carbocycles. The summed E-state index contributed by atoms with van der Waals surface area (Å²) in [7, 11) is 0.